The first-order chi connectivity index (χ1) is 9.52. The summed E-state index contributed by atoms with van der Waals surface area (Å²) in [6, 6.07) is 7.05. The maximum atomic E-state index is 13.1. The zero-order valence-electron chi connectivity index (χ0n) is 12.9. The molecule has 0 saturated carbocycles. The van der Waals surface area contributed by atoms with Gasteiger partial charge < -0.3 is 10.6 Å². The molecular weight excluding hydrogens is 253 g/mol. The van der Waals surface area contributed by atoms with Crippen LogP contribution < -0.4 is 10.6 Å². The van der Waals surface area contributed by atoms with Gasteiger partial charge in [-0.2, -0.15) is 0 Å². The van der Waals surface area contributed by atoms with Crippen LogP contribution in [0.25, 0.3) is 0 Å². The summed E-state index contributed by atoms with van der Waals surface area (Å²) in [6.07, 6.45) is 0.740. The minimum Gasteiger partial charge on any atom is -0.357 e. The Labute approximate surface area is 121 Å². The maximum absolute atomic E-state index is 13.1. The summed E-state index contributed by atoms with van der Waals surface area (Å²) >= 11 is 0. The molecule has 1 atom stereocenters. The number of aliphatic imine (C=N–C) groups is 1. The summed E-state index contributed by atoms with van der Waals surface area (Å²) in [6.45, 7) is 10.0. The van der Waals surface area contributed by atoms with E-state index in [0.717, 1.165) is 24.5 Å². The Balaban J connectivity index is 2.54. The van der Waals surface area contributed by atoms with Gasteiger partial charge in [0, 0.05) is 19.1 Å². The first-order valence-electron chi connectivity index (χ1n) is 7.32. The van der Waals surface area contributed by atoms with Crippen LogP contribution in [-0.2, 0) is 6.42 Å². The second-order valence-corrected chi connectivity index (χ2v) is 5.32. The Morgan fingerprint density at radius 1 is 1.30 bits per heavy atom. The minimum atomic E-state index is -0.190. The molecule has 0 saturated heterocycles. The highest BCUT2D eigenvalue weighted by molar-refractivity contribution is 5.80. The third kappa shape index (κ3) is 6.04. The van der Waals surface area contributed by atoms with Crippen LogP contribution in [0.2, 0.25) is 0 Å². The molecule has 1 aromatic rings. The molecule has 0 heterocycles. The molecule has 1 unspecified atom stereocenters. The van der Waals surface area contributed by atoms with Crippen molar-refractivity contribution in [1.82, 2.24) is 10.6 Å². The number of nitrogens with zero attached hydrogens (tertiary/aromatic N) is 1. The number of benzene rings is 1. The lowest BCUT2D eigenvalue weighted by atomic mass is 10.1. The van der Waals surface area contributed by atoms with Gasteiger partial charge in [0.2, 0.25) is 0 Å². The van der Waals surface area contributed by atoms with Crippen LogP contribution in [0.1, 0.15) is 33.3 Å². The molecule has 1 rings (SSSR count). The van der Waals surface area contributed by atoms with Crippen LogP contribution >= 0.6 is 0 Å². The number of nitrogens with one attached hydrogen (secondary N) is 2. The Morgan fingerprint density at radius 3 is 2.65 bits per heavy atom. The molecule has 112 valence electrons. The van der Waals surface area contributed by atoms with Gasteiger partial charge in [0.05, 0.1) is 0 Å². The van der Waals surface area contributed by atoms with Crippen molar-refractivity contribution in [1.29, 1.82) is 0 Å². The number of hydrogen-bond acceptors (Lipinski definition) is 1. The Bertz CT molecular complexity index is 429. The lowest BCUT2D eigenvalue weighted by Crippen LogP contribution is -2.44. The van der Waals surface area contributed by atoms with Crippen LogP contribution in [0, 0.1) is 11.7 Å². The van der Waals surface area contributed by atoms with Gasteiger partial charge in [-0.15, -0.1) is 0 Å². The molecule has 3 nitrogen and oxygen atoms in total. The Hall–Kier alpha value is -1.58. The van der Waals surface area contributed by atoms with Crippen LogP contribution in [0.4, 0.5) is 4.39 Å². The van der Waals surface area contributed by atoms with Gasteiger partial charge >= 0.3 is 0 Å². The first-order valence-corrected chi connectivity index (χ1v) is 7.32. The first kappa shape index (κ1) is 16.5. The maximum Gasteiger partial charge on any atom is 0.191 e. The molecular formula is C16H26FN3. The molecule has 2 N–H and O–H groups in total. The average molecular weight is 279 g/mol. The molecule has 0 aliphatic heterocycles. The monoisotopic (exact) mass is 279 g/mol. The summed E-state index contributed by atoms with van der Waals surface area (Å²) in [5.41, 5.74) is 0.974. The second-order valence-electron chi connectivity index (χ2n) is 5.32. The lowest BCUT2D eigenvalue weighted by molar-refractivity contribution is 0.481. The third-order valence-corrected chi connectivity index (χ3v) is 3.27. The van der Waals surface area contributed by atoms with Crippen molar-refractivity contribution in [3.8, 4) is 0 Å². The van der Waals surface area contributed by atoms with Gasteiger partial charge in [0.15, 0.2) is 5.96 Å². The predicted molar refractivity (Wildman–Crippen MR) is 83.5 cm³/mol. The summed E-state index contributed by atoms with van der Waals surface area (Å²) in [5.74, 6) is 1.18. The number of halogens is 1. The summed E-state index contributed by atoms with van der Waals surface area (Å²) in [5, 5.41) is 6.61. The highest BCUT2D eigenvalue weighted by atomic mass is 19.1. The Kier molecular flexibility index (Phi) is 7.05. The van der Waals surface area contributed by atoms with Gasteiger partial charge in [0.1, 0.15) is 5.82 Å². The molecule has 0 aliphatic carbocycles. The molecule has 0 aliphatic rings. The number of guanidine groups is 1. The van der Waals surface area contributed by atoms with E-state index in [-0.39, 0.29) is 5.82 Å². The highest BCUT2D eigenvalue weighted by Crippen LogP contribution is 2.04. The van der Waals surface area contributed by atoms with Crippen molar-refractivity contribution in [3.63, 3.8) is 0 Å². The van der Waals surface area contributed by atoms with Crippen LogP contribution in [0.3, 0.4) is 0 Å². The van der Waals surface area contributed by atoms with E-state index in [4.69, 9.17) is 0 Å². The summed E-state index contributed by atoms with van der Waals surface area (Å²) < 4.78 is 13.1. The molecule has 1 aromatic carbocycles. The molecule has 0 radical (unpaired) electrons. The SMILES string of the molecule is CCNC(=NCCc1cccc(F)c1)NC(C)C(C)C. The van der Waals surface area contributed by atoms with E-state index in [1.54, 1.807) is 12.1 Å². The fourth-order valence-electron chi connectivity index (χ4n) is 1.69. The van der Waals surface area contributed by atoms with Gasteiger partial charge in [-0.05, 0) is 43.9 Å². The zero-order valence-corrected chi connectivity index (χ0v) is 12.9. The molecule has 0 fully saturated rings. The van der Waals surface area contributed by atoms with Gasteiger partial charge in [-0.25, -0.2) is 4.39 Å². The minimum absolute atomic E-state index is 0.190. The normalized spacial score (nSPS) is 13.4. The molecule has 4 heteroatoms. The van der Waals surface area contributed by atoms with Gasteiger partial charge in [0.25, 0.3) is 0 Å². The van der Waals surface area contributed by atoms with Crippen LogP contribution in [0.15, 0.2) is 29.3 Å². The van der Waals surface area contributed by atoms with E-state index in [9.17, 15) is 4.39 Å². The Morgan fingerprint density at radius 2 is 2.05 bits per heavy atom. The fourth-order valence-corrected chi connectivity index (χ4v) is 1.69. The summed E-state index contributed by atoms with van der Waals surface area (Å²) in [4.78, 5) is 4.53. The van der Waals surface area contributed by atoms with Crippen molar-refractivity contribution < 1.29 is 4.39 Å². The van der Waals surface area contributed by atoms with E-state index in [1.807, 2.05) is 13.0 Å². The van der Waals surface area contributed by atoms with Crippen molar-refractivity contribution >= 4 is 5.96 Å². The summed E-state index contributed by atoms with van der Waals surface area (Å²) in [7, 11) is 0. The predicted octanol–water partition coefficient (Wildman–Crippen LogP) is 2.97. The molecule has 0 spiro atoms. The average Bonchev–Trinajstić information content (AvgIpc) is 2.38. The van der Waals surface area contributed by atoms with Crippen molar-refractivity contribution in [3.05, 3.63) is 35.6 Å². The molecule has 20 heavy (non-hydrogen) atoms. The number of rotatable bonds is 6. The zero-order chi connectivity index (χ0) is 15.0. The van der Waals surface area contributed by atoms with Gasteiger partial charge in [-0.3, -0.25) is 4.99 Å². The van der Waals surface area contributed by atoms with Crippen molar-refractivity contribution in [2.75, 3.05) is 13.1 Å². The fraction of sp³-hybridized carbons (Fsp3) is 0.562. The van der Waals surface area contributed by atoms with Gasteiger partial charge in [-0.1, -0.05) is 26.0 Å². The molecule has 0 aromatic heterocycles. The topological polar surface area (TPSA) is 36.4 Å². The highest BCUT2D eigenvalue weighted by Gasteiger charge is 2.08. The lowest BCUT2D eigenvalue weighted by Gasteiger charge is -2.20. The van der Waals surface area contributed by atoms with Crippen molar-refractivity contribution in [2.45, 2.75) is 40.2 Å². The standard InChI is InChI=1S/C16H26FN3/c1-5-18-16(20-13(4)12(2)3)19-10-9-14-7-6-8-15(17)11-14/h6-8,11-13H,5,9-10H2,1-4H3,(H2,18,19,20). The van der Waals surface area contributed by atoms with E-state index >= 15 is 0 Å². The second kappa shape index (κ2) is 8.56. The smallest absolute Gasteiger partial charge is 0.191 e. The van der Waals surface area contributed by atoms with E-state index < -0.39 is 0 Å². The van der Waals surface area contributed by atoms with Crippen LogP contribution in [-0.4, -0.2) is 25.1 Å². The largest absolute Gasteiger partial charge is 0.357 e. The van der Waals surface area contributed by atoms with E-state index in [0.29, 0.717) is 18.5 Å². The quantitative estimate of drug-likeness (QED) is 0.620. The third-order valence-electron chi connectivity index (χ3n) is 3.27. The van der Waals surface area contributed by atoms with Crippen LogP contribution in [0.5, 0.6) is 0 Å². The molecule has 0 bridgehead atoms. The number of hydrogen-bond donors (Lipinski definition) is 2. The van der Waals surface area contributed by atoms with Crippen molar-refractivity contribution in [2.24, 2.45) is 10.9 Å². The van der Waals surface area contributed by atoms with E-state index in [1.165, 1.54) is 6.07 Å². The van der Waals surface area contributed by atoms with E-state index in [2.05, 4.69) is 36.4 Å². The molecule has 0 amide bonds.